The van der Waals surface area contributed by atoms with Crippen LogP contribution in [0.1, 0.15) is 41.3 Å². The molecule has 9 nitrogen and oxygen atoms in total. The van der Waals surface area contributed by atoms with E-state index < -0.39 is 29.6 Å². The number of piperidine rings is 1. The van der Waals surface area contributed by atoms with Crippen molar-refractivity contribution in [2.24, 2.45) is 0 Å². The van der Waals surface area contributed by atoms with E-state index in [0.29, 0.717) is 16.7 Å². The lowest BCUT2D eigenvalue weighted by Gasteiger charge is -2.39. The zero-order chi connectivity index (χ0) is 25.4. The lowest BCUT2D eigenvalue weighted by atomic mass is 9.89. The van der Waals surface area contributed by atoms with Gasteiger partial charge in [-0.2, -0.15) is 0 Å². The molecule has 35 heavy (non-hydrogen) atoms. The number of amides is 5. The van der Waals surface area contributed by atoms with Gasteiger partial charge in [-0.15, -0.1) is 13.2 Å². The molecule has 184 valence electrons. The van der Waals surface area contributed by atoms with Crippen LogP contribution in [0.2, 0.25) is 0 Å². The van der Waals surface area contributed by atoms with E-state index in [-0.39, 0.29) is 43.4 Å². The van der Waals surface area contributed by atoms with Crippen molar-refractivity contribution in [3.05, 3.63) is 59.2 Å². The first-order valence-corrected chi connectivity index (χ1v) is 10.6. The monoisotopic (exact) mass is 490 g/mol. The molecular formula is C23H21F3N4O5. The predicted molar refractivity (Wildman–Crippen MR) is 116 cm³/mol. The van der Waals surface area contributed by atoms with Crippen LogP contribution in [0.5, 0.6) is 5.75 Å². The fraction of sp³-hybridized carbons (Fsp3) is 0.304. The highest BCUT2D eigenvalue weighted by molar-refractivity contribution is 6.07. The van der Waals surface area contributed by atoms with Crippen molar-refractivity contribution in [3.63, 3.8) is 0 Å². The number of hydrogen-bond donors (Lipinski definition) is 3. The molecule has 2 aliphatic rings. The third-order valence-electron chi connectivity index (χ3n) is 5.95. The zero-order valence-electron chi connectivity index (χ0n) is 18.5. The van der Waals surface area contributed by atoms with E-state index in [2.05, 4.69) is 20.7 Å². The number of anilines is 1. The third-order valence-corrected chi connectivity index (χ3v) is 5.95. The minimum absolute atomic E-state index is 0.120. The standard InChI is InChI=1S/C23H21F3N4O5/c1-22(9-8-18(31)29-20(22)33)30-12-14-10-13(2-7-17(14)19(30)32)11-27-21(34)28-15-3-5-16(6-4-15)35-23(24,25)26/h2-7,10H,8-9,11-12H2,1H3,(H2,27,28,34)(H,29,31,33)/t22-/m0/s1. The molecule has 1 fully saturated rings. The van der Waals surface area contributed by atoms with Gasteiger partial charge in [0.25, 0.3) is 11.8 Å². The lowest BCUT2D eigenvalue weighted by Crippen LogP contribution is -2.61. The van der Waals surface area contributed by atoms with Crippen LogP contribution in [-0.2, 0) is 22.7 Å². The number of urea groups is 1. The molecule has 0 radical (unpaired) electrons. The molecule has 0 aromatic heterocycles. The summed E-state index contributed by atoms with van der Waals surface area (Å²) in [5.74, 6) is -1.58. The quantitative estimate of drug-likeness (QED) is 0.557. The Bertz CT molecular complexity index is 1200. The summed E-state index contributed by atoms with van der Waals surface area (Å²) in [6.07, 6.45) is -4.43. The van der Waals surface area contributed by atoms with Gasteiger partial charge in [0.05, 0.1) is 0 Å². The van der Waals surface area contributed by atoms with Crippen molar-refractivity contribution in [3.8, 4) is 5.75 Å². The molecule has 0 unspecified atom stereocenters. The Kier molecular flexibility index (Phi) is 6.14. The van der Waals surface area contributed by atoms with Gasteiger partial charge in [-0.1, -0.05) is 12.1 Å². The fourth-order valence-corrected chi connectivity index (χ4v) is 4.03. The van der Waals surface area contributed by atoms with E-state index in [9.17, 15) is 32.3 Å². The maximum absolute atomic E-state index is 12.9. The Morgan fingerprint density at radius 3 is 2.51 bits per heavy atom. The highest BCUT2D eigenvalue weighted by Gasteiger charge is 2.48. The maximum Gasteiger partial charge on any atom is 0.573 e. The molecule has 3 N–H and O–H groups in total. The van der Waals surface area contributed by atoms with E-state index in [1.165, 1.54) is 17.0 Å². The number of alkyl halides is 3. The molecule has 0 aliphatic carbocycles. The number of nitrogens with zero attached hydrogens (tertiary/aromatic N) is 1. The van der Waals surface area contributed by atoms with Gasteiger partial charge in [-0.25, -0.2) is 4.79 Å². The van der Waals surface area contributed by atoms with Crippen LogP contribution in [0.25, 0.3) is 0 Å². The van der Waals surface area contributed by atoms with Crippen LogP contribution in [-0.4, -0.2) is 40.6 Å². The second kappa shape index (κ2) is 8.93. The number of rotatable bonds is 5. The molecule has 2 heterocycles. The SMILES string of the molecule is C[C@]1(N2Cc3cc(CNC(=O)Nc4ccc(OC(F)(F)F)cc4)ccc3C2=O)CCC(=O)NC1=O. The molecule has 1 atom stereocenters. The lowest BCUT2D eigenvalue weighted by molar-refractivity contribution is -0.274. The number of carbonyl (C=O) groups excluding carboxylic acids is 4. The smallest absolute Gasteiger partial charge is 0.406 e. The summed E-state index contributed by atoms with van der Waals surface area (Å²) in [5, 5.41) is 7.43. The second-order valence-corrected chi connectivity index (χ2v) is 8.41. The molecule has 4 rings (SSSR count). The van der Waals surface area contributed by atoms with Crippen LogP contribution in [0.3, 0.4) is 0 Å². The summed E-state index contributed by atoms with van der Waals surface area (Å²) in [6.45, 7) is 1.95. The molecule has 1 saturated heterocycles. The molecule has 5 amide bonds. The topological polar surface area (TPSA) is 117 Å². The Labute approximate surface area is 197 Å². The average molecular weight is 490 g/mol. The second-order valence-electron chi connectivity index (χ2n) is 8.41. The van der Waals surface area contributed by atoms with Crippen molar-refractivity contribution >= 4 is 29.4 Å². The average Bonchev–Trinajstić information content (AvgIpc) is 3.12. The summed E-state index contributed by atoms with van der Waals surface area (Å²) in [5.41, 5.74) is 0.981. The van der Waals surface area contributed by atoms with Crippen LogP contribution >= 0.6 is 0 Å². The van der Waals surface area contributed by atoms with Gasteiger partial charge in [-0.05, 0) is 54.8 Å². The minimum Gasteiger partial charge on any atom is -0.406 e. The van der Waals surface area contributed by atoms with Gasteiger partial charge in [-0.3, -0.25) is 19.7 Å². The van der Waals surface area contributed by atoms with E-state index >= 15 is 0 Å². The van der Waals surface area contributed by atoms with Crippen molar-refractivity contribution in [1.29, 1.82) is 0 Å². The van der Waals surface area contributed by atoms with Gasteiger partial charge in [0.15, 0.2) is 0 Å². The van der Waals surface area contributed by atoms with Crippen LogP contribution in [0.4, 0.5) is 23.7 Å². The van der Waals surface area contributed by atoms with Crippen molar-refractivity contribution in [2.75, 3.05) is 5.32 Å². The molecular weight excluding hydrogens is 469 g/mol. The molecule has 2 aromatic carbocycles. The summed E-state index contributed by atoms with van der Waals surface area (Å²) in [4.78, 5) is 50.5. The van der Waals surface area contributed by atoms with Gasteiger partial charge >= 0.3 is 12.4 Å². The van der Waals surface area contributed by atoms with E-state index in [0.717, 1.165) is 12.1 Å². The predicted octanol–water partition coefficient (Wildman–Crippen LogP) is 3.06. The zero-order valence-corrected chi connectivity index (χ0v) is 18.5. The van der Waals surface area contributed by atoms with E-state index in [1.54, 1.807) is 25.1 Å². The number of fused-ring (bicyclic) bond motifs is 1. The van der Waals surface area contributed by atoms with Crippen LogP contribution < -0.4 is 20.7 Å². The van der Waals surface area contributed by atoms with Crippen LogP contribution in [0, 0.1) is 0 Å². The summed E-state index contributed by atoms with van der Waals surface area (Å²) >= 11 is 0. The number of carbonyl (C=O) groups is 4. The summed E-state index contributed by atoms with van der Waals surface area (Å²) in [6, 6.07) is 9.18. The Morgan fingerprint density at radius 1 is 1.14 bits per heavy atom. The third kappa shape index (κ3) is 5.20. The fourth-order valence-electron chi connectivity index (χ4n) is 4.03. The number of hydrogen-bond acceptors (Lipinski definition) is 5. The number of benzene rings is 2. The number of halogens is 3. The molecule has 0 saturated carbocycles. The summed E-state index contributed by atoms with van der Waals surface area (Å²) < 4.78 is 40.5. The first kappa shape index (κ1) is 24.0. The molecule has 0 spiro atoms. The van der Waals surface area contributed by atoms with Gasteiger partial charge in [0.2, 0.25) is 5.91 Å². The molecule has 0 bridgehead atoms. The Balaban J connectivity index is 1.35. The highest BCUT2D eigenvalue weighted by atomic mass is 19.4. The molecule has 12 heteroatoms. The van der Waals surface area contributed by atoms with Crippen molar-refractivity contribution < 1.29 is 37.1 Å². The van der Waals surface area contributed by atoms with E-state index in [4.69, 9.17) is 0 Å². The minimum atomic E-state index is -4.80. The molecule has 2 aromatic rings. The first-order chi connectivity index (χ1) is 16.4. The molecule has 2 aliphatic heterocycles. The van der Waals surface area contributed by atoms with Gasteiger partial charge in [0, 0.05) is 30.8 Å². The summed E-state index contributed by atoms with van der Waals surface area (Å²) in [7, 11) is 0. The van der Waals surface area contributed by atoms with Crippen molar-refractivity contribution in [1.82, 2.24) is 15.5 Å². The maximum atomic E-state index is 12.9. The largest absolute Gasteiger partial charge is 0.573 e. The highest BCUT2D eigenvalue weighted by Crippen LogP contribution is 2.34. The van der Waals surface area contributed by atoms with Crippen LogP contribution in [0.15, 0.2) is 42.5 Å². The number of imide groups is 1. The van der Waals surface area contributed by atoms with E-state index in [1.807, 2.05) is 0 Å². The van der Waals surface area contributed by atoms with Gasteiger partial charge in [0.1, 0.15) is 11.3 Å². The first-order valence-electron chi connectivity index (χ1n) is 10.6. The van der Waals surface area contributed by atoms with Crippen molar-refractivity contribution in [2.45, 2.75) is 44.8 Å². The number of nitrogens with one attached hydrogen (secondary N) is 3. The number of ether oxygens (including phenoxy) is 1. The Morgan fingerprint density at radius 2 is 1.86 bits per heavy atom. The van der Waals surface area contributed by atoms with Gasteiger partial charge < -0.3 is 20.3 Å². The Hall–Kier alpha value is -4.09. The normalized spacial score (nSPS) is 19.8.